The summed E-state index contributed by atoms with van der Waals surface area (Å²) in [7, 11) is 0. The number of rotatable bonds is 1. The zero-order valence-corrected chi connectivity index (χ0v) is 7.64. The molecule has 0 saturated heterocycles. The second-order valence-corrected chi connectivity index (χ2v) is 2.89. The Kier molecular flexibility index (Phi) is 1.99. The van der Waals surface area contributed by atoms with Crippen molar-refractivity contribution in [2.75, 3.05) is 5.73 Å². The molecule has 10 heavy (non-hydrogen) atoms. The van der Waals surface area contributed by atoms with Gasteiger partial charge < -0.3 is 5.73 Å². The van der Waals surface area contributed by atoms with Gasteiger partial charge in [0.1, 0.15) is 0 Å². The average Bonchev–Trinajstić information content (AvgIpc) is 2.17. The molecule has 2 N–H and O–H groups in total. The molecule has 0 bridgehead atoms. The minimum Gasteiger partial charge on any atom is -0.381 e. The van der Waals surface area contributed by atoms with Crippen LogP contribution >= 0.6 is 15.9 Å². The van der Waals surface area contributed by atoms with Crippen LogP contribution < -0.4 is 5.73 Å². The van der Waals surface area contributed by atoms with E-state index in [1.54, 1.807) is 0 Å². The van der Waals surface area contributed by atoms with Crippen LogP contribution in [-0.2, 0) is 6.54 Å². The van der Waals surface area contributed by atoms with Crippen LogP contribution in [0.25, 0.3) is 0 Å². The summed E-state index contributed by atoms with van der Waals surface area (Å²) in [6.45, 7) is 4.88. The van der Waals surface area contributed by atoms with E-state index in [2.05, 4.69) is 21.0 Å². The summed E-state index contributed by atoms with van der Waals surface area (Å²) >= 11 is 3.33. The predicted octanol–water partition coefficient (Wildman–Crippen LogP) is 1.56. The van der Waals surface area contributed by atoms with Crippen LogP contribution in [0.3, 0.4) is 0 Å². The van der Waals surface area contributed by atoms with Crippen LogP contribution in [0.15, 0.2) is 4.47 Å². The largest absolute Gasteiger partial charge is 0.381 e. The fraction of sp³-hybridized carbons (Fsp3) is 0.500. The van der Waals surface area contributed by atoms with Crippen molar-refractivity contribution in [2.45, 2.75) is 20.4 Å². The Morgan fingerprint density at radius 3 is 2.50 bits per heavy atom. The molecule has 0 atom stereocenters. The summed E-state index contributed by atoms with van der Waals surface area (Å²) in [6, 6.07) is 0. The van der Waals surface area contributed by atoms with Gasteiger partial charge in [0.2, 0.25) is 0 Å². The monoisotopic (exact) mass is 203 g/mol. The zero-order valence-electron chi connectivity index (χ0n) is 6.06. The fourth-order valence-electron chi connectivity index (χ4n) is 0.855. The Balaban J connectivity index is 3.17. The molecular formula is C6H10BrN3. The standard InChI is InChI=1S/C6H10BrN3/c1-3-10-4(2)5(7)6(8)9-10/h3H2,1-2H3,(H2,8,9). The molecule has 0 spiro atoms. The van der Waals surface area contributed by atoms with Gasteiger partial charge in [-0.25, -0.2) is 0 Å². The van der Waals surface area contributed by atoms with Crippen LogP contribution in [0.4, 0.5) is 5.82 Å². The average molecular weight is 204 g/mol. The van der Waals surface area contributed by atoms with Crippen molar-refractivity contribution in [3.8, 4) is 0 Å². The number of hydrogen-bond acceptors (Lipinski definition) is 2. The molecule has 1 rings (SSSR count). The van der Waals surface area contributed by atoms with E-state index >= 15 is 0 Å². The van der Waals surface area contributed by atoms with Crippen LogP contribution in [-0.4, -0.2) is 9.78 Å². The van der Waals surface area contributed by atoms with Crippen LogP contribution in [0.2, 0.25) is 0 Å². The third-order valence-electron chi connectivity index (χ3n) is 1.46. The number of nitrogens with two attached hydrogens (primary N) is 1. The molecule has 0 fully saturated rings. The fourth-order valence-corrected chi connectivity index (χ4v) is 1.14. The molecule has 0 saturated carbocycles. The minimum absolute atomic E-state index is 0.569. The lowest BCUT2D eigenvalue weighted by atomic mass is 10.4. The second-order valence-electron chi connectivity index (χ2n) is 2.10. The van der Waals surface area contributed by atoms with Gasteiger partial charge >= 0.3 is 0 Å². The van der Waals surface area contributed by atoms with Crippen molar-refractivity contribution in [2.24, 2.45) is 0 Å². The first-order valence-electron chi connectivity index (χ1n) is 3.15. The smallest absolute Gasteiger partial charge is 0.160 e. The molecule has 4 heteroatoms. The lowest BCUT2D eigenvalue weighted by Crippen LogP contribution is -1.98. The lowest BCUT2D eigenvalue weighted by molar-refractivity contribution is 0.642. The Morgan fingerprint density at radius 2 is 2.30 bits per heavy atom. The minimum atomic E-state index is 0.569. The van der Waals surface area contributed by atoms with E-state index in [4.69, 9.17) is 5.73 Å². The number of nitrogen functional groups attached to an aromatic ring is 1. The molecule has 0 radical (unpaired) electrons. The molecule has 1 aromatic rings. The molecule has 0 aliphatic heterocycles. The van der Waals surface area contributed by atoms with E-state index in [0.29, 0.717) is 5.82 Å². The molecule has 0 amide bonds. The van der Waals surface area contributed by atoms with E-state index in [9.17, 15) is 0 Å². The van der Waals surface area contributed by atoms with E-state index < -0.39 is 0 Å². The highest BCUT2D eigenvalue weighted by atomic mass is 79.9. The summed E-state index contributed by atoms with van der Waals surface area (Å²) < 4.78 is 2.77. The first-order valence-corrected chi connectivity index (χ1v) is 3.94. The number of anilines is 1. The topological polar surface area (TPSA) is 43.8 Å². The molecule has 3 nitrogen and oxygen atoms in total. The van der Waals surface area contributed by atoms with E-state index in [0.717, 1.165) is 16.7 Å². The van der Waals surface area contributed by atoms with Crippen molar-refractivity contribution in [3.05, 3.63) is 10.2 Å². The summed E-state index contributed by atoms with van der Waals surface area (Å²) in [4.78, 5) is 0. The molecule has 0 unspecified atom stereocenters. The van der Waals surface area contributed by atoms with Crippen molar-refractivity contribution in [1.29, 1.82) is 0 Å². The number of halogens is 1. The Morgan fingerprint density at radius 1 is 1.70 bits per heavy atom. The molecule has 1 heterocycles. The van der Waals surface area contributed by atoms with Gasteiger partial charge in [0.05, 0.1) is 10.2 Å². The summed E-state index contributed by atoms with van der Waals surface area (Å²) in [6.07, 6.45) is 0. The van der Waals surface area contributed by atoms with Crippen molar-refractivity contribution in [1.82, 2.24) is 9.78 Å². The van der Waals surface area contributed by atoms with Gasteiger partial charge in [0.15, 0.2) is 5.82 Å². The molecule has 0 aromatic carbocycles. The maximum atomic E-state index is 5.54. The Labute approximate surface area is 68.3 Å². The van der Waals surface area contributed by atoms with Gasteiger partial charge in [-0.2, -0.15) is 5.10 Å². The van der Waals surface area contributed by atoms with Gasteiger partial charge in [-0.05, 0) is 29.8 Å². The highest BCUT2D eigenvalue weighted by Crippen LogP contribution is 2.21. The van der Waals surface area contributed by atoms with Crippen LogP contribution in [0.1, 0.15) is 12.6 Å². The molecule has 1 aromatic heterocycles. The highest BCUT2D eigenvalue weighted by molar-refractivity contribution is 9.10. The normalized spacial score (nSPS) is 10.3. The van der Waals surface area contributed by atoms with Gasteiger partial charge in [-0.1, -0.05) is 0 Å². The Bertz CT molecular complexity index is 241. The van der Waals surface area contributed by atoms with Gasteiger partial charge in [0, 0.05) is 6.54 Å². The third kappa shape index (κ3) is 1.03. The quantitative estimate of drug-likeness (QED) is 0.754. The van der Waals surface area contributed by atoms with Crippen molar-refractivity contribution < 1.29 is 0 Å². The van der Waals surface area contributed by atoms with Gasteiger partial charge in [-0.3, -0.25) is 4.68 Å². The number of aromatic nitrogens is 2. The maximum absolute atomic E-state index is 5.54. The second kappa shape index (κ2) is 2.62. The summed E-state index contributed by atoms with van der Waals surface area (Å²) in [5, 5.41) is 4.08. The van der Waals surface area contributed by atoms with Crippen LogP contribution in [0, 0.1) is 6.92 Å². The summed E-state index contributed by atoms with van der Waals surface area (Å²) in [5.41, 5.74) is 6.62. The van der Waals surface area contributed by atoms with Gasteiger partial charge in [0.25, 0.3) is 0 Å². The first-order chi connectivity index (χ1) is 4.66. The van der Waals surface area contributed by atoms with E-state index in [1.165, 1.54) is 0 Å². The molecule has 56 valence electrons. The number of hydrogen-bond donors (Lipinski definition) is 1. The zero-order chi connectivity index (χ0) is 7.72. The lowest BCUT2D eigenvalue weighted by Gasteiger charge is -1.95. The SMILES string of the molecule is CCn1nc(N)c(Br)c1C. The van der Waals surface area contributed by atoms with Crippen LogP contribution in [0.5, 0.6) is 0 Å². The summed E-state index contributed by atoms with van der Waals surface area (Å²) in [5.74, 6) is 0.569. The first kappa shape index (κ1) is 7.60. The maximum Gasteiger partial charge on any atom is 0.160 e. The highest BCUT2D eigenvalue weighted by Gasteiger charge is 2.06. The number of aryl methyl sites for hydroxylation is 1. The van der Waals surface area contributed by atoms with Gasteiger partial charge in [-0.15, -0.1) is 0 Å². The molecule has 0 aliphatic rings. The van der Waals surface area contributed by atoms with Crippen molar-refractivity contribution in [3.63, 3.8) is 0 Å². The third-order valence-corrected chi connectivity index (χ3v) is 2.44. The van der Waals surface area contributed by atoms with E-state index in [1.807, 2.05) is 18.5 Å². The van der Waals surface area contributed by atoms with E-state index in [-0.39, 0.29) is 0 Å². The molecule has 0 aliphatic carbocycles. The molecular weight excluding hydrogens is 194 g/mol. The number of nitrogens with zero attached hydrogens (tertiary/aromatic N) is 2. The Hall–Kier alpha value is -0.510. The predicted molar refractivity (Wildman–Crippen MR) is 44.8 cm³/mol. The van der Waals surface area contributed by atoms with Crippen molar-refractivity contribution >= 4 is 21.7 Å².